The molecule has 0 bridgehead atoms. The van der Waals surface area contributed by atoms with Gasteiger partial charge < -0.3 is 4.74 Å². The van der Waals surface area contributed by atoms with Crippen LogP contribution in [0.5, 0.6) is 5.75 Å². The zero-order valence-electron chi connectivity index (χ0n) is 14.9. The normalized spacial score (nSPS) is 11.3. The Hall–Kier alpha value is -3.22. The van der Waals surface area contributed by atoms with E-state index in [1.54, 1.807) is 6.07 Å². The number of carbonyl (C=O) groups excluding carboxylic acids is 1. The van der Waals surface area contributed by atoms with E-state index in [2.05, 4.69) is 31.3 Å². The summed E-state index contributed by atoms with van der Waals surface area (Å²) < 4.78 is 5.19. The summed E-state index contributed by atoms with van der Waals surface area (Å²) in [6.45, 7) is 6.03. The second-order valence-corrected chi connectivity index (χ2v) is 6.68. The van der Waals surface area contributed by atoms with Crippen LogP contribution in [0, 0.1) is 10.1 Å². The molecule has 0 aliphatic rings. The molecule has 0 atom stereocenters. The predicted molar refractivity (Wildman–Crippen MR) is 99.5 cm³/mol. The quantitative estimate of drug-likeness (QED) is 0.488. The molecule has 1 amide bonds. The summed E-state index contributed by atoms with van der Waals surface area (Å²) in [5, 5.41) is 14.7. The zero-order chi connectivity index (χ0) is 19.2. The first-order valence-electron chi connectivity index (χ1n) is 8.06. The number of ether oxygens (including phenoxy) is 1. The van der Waals surface area contributed by atoms with Gasteiger partial charge in [0.1, 0.15) is 0 Å². The third-order valence-corrected chi connectivity index (χ3v) is 3.60. The van der Waals surface area contributed by atoms with Crippen LogP contribution in [0.4, 0.5) is 5.69 Å². The summed E-state index contributed by atoms with van der Waals surface area (Å²) in [5.74, 6) is -0.472. The highest BCUT2D eigenvalue weighted by Crippen LogP contribution is 2.25. The van der Waals surface area contributed by atoms with Gasteiger partial charge >= 0.3 is 5.69 Å². The monoisotopic (exact) mass is 355 g/mol. The summed E-state index contributed by atoms with van der Waals surface area (Å²) in [5.41, 5.74) is 4.26. The van der Waals surface area contributed by atoms with Crippen LogP contribution in [0.15, 0.2) is 53.6 Å². The lowest BCUT2D eigenvalue weighted by molar-refractivity contribution is -0.385. The lowest BCUT2D eigenvalue weighted by Crippen LogP contribution is -2.24. The molecule has 0 aliphatic carbocycles. The van der Waals surface area contributed by atoms with Gasteiger partial charge in [-0.1, -0.05) is 57.2 Å². The molecule has 0 saturated carbocycles. The van der Waals surface area contributed by atoms with Gasteiger partial charge in [-0.2, -0.15) is 5.10 Å². The average molecular weight is 355 g/mol. The van der Waals surface area contributed by atoms with Crippen LogP contribution in [0.1, 0.15) is 31.9 Å². The Morgan fingerprint density at radius 1 is 1.19 bits per heavy atom. The fraction of sp³-hybridized carbons (Fsp3) is 0.263. The number of hydrogen-bond donors (Lipinski definition) is 1. The van der Waals surface area contributed by atoms with Gasteiger partial charge in [0.15, 0.2) is 12.4 Å². The molecule has 2 rings (SSSR count). The van der Waals surface area contributed by atoms with Crippen molar-refractivity contribution in [2.75, 3.05) is 6.61 Å². The standard InChI is InChI=1S/C19H21N3O4/c1-19(2,3)15-10-8-14(9-11-15)12-20-21-18(23)13-26-17-7-5-4-6-16(17)22(24)25/h4-12H,13H2,1-3H3,(H,21,23)/b20-12-. The van der Waals surface area contributed by atoms with Crippen LogP contribution in [0.2, 0.25) is 0 Å². The SMILES string of the molecule is CC(C)(C)c1ccc(/C=N\NC(=O)COc2ccccc2[N+](=O)[O-])cc1. The maximum Gasteiger partial charge on any atom is 0.310 e. The summed E-state index contributed by atoms with van der Waals surface area (Å²) in [7, 11) is 0. The van der Waals surface area contributed by atoms with Crippen molar-refractivity contribution < 1.29 is 14.5 Å². The molecular formula is C19H21N3O4. The fourth-order valence-electron chi connectivity index (χ4n) is 2.15. The van der Waals surface area contributed by atoms with Crippen LogP contribution in [0.25, 0.3) is 0 Å². The Bertz CT molecular complexity index is 808. The van der Waals surface area contributed by atoms with Gasteiger partial charge in [0.05, 0.1) is 11.1 Å². The molecule has 0 radical (unpaired) electrons. The Morgan fingerprint density at radius 2 is 1.85 bits per heavy atom. The van der Waals surface area contributed by atoms with E-state index in [4.69, 9.17) is 4.74 Å². The summed E-state index contributed by atoms with van der Waals surface area (Å²) in [6.07, 6.45) is 1.52. The number of nitro benzene ring substituents is 1. The van der Waals surface area contributed by atoms with E-state index in [0.29, 0.717) is 0 Å². The van der Waals surface area contributed by atoms with E-state index in [-0.39, 0.29) is 23.5 Å². The van der Waals surface area contributed by atoms with Crippen molar-refractivity contribution in [2.24, 2.45) is 5.10 Å². The van der Waals surface area contributed by atoms with Crippen molar-refractivity contribution in [2.45, 2.75) is 26.2 Å². The molecular weight excluding hydrogens is 334 g/mol. The van der Waals surface area contributed by atoms with Crippen molar-refractivity contribution in [1.29, 1.82) is 0 Å². The number of rotatable bonds is 6. The number of carbonyl (C=O) groups is 1. The second kappa shape index (κ2) is 8.24. The number of hydrazone groups is 1. The van der Waals surface area contributed by atoms with E-state index >= 15 is 0 Å². The van der Waals surface area contributed by atoms with Crippen molar-refractivity contribution in [3.8, 4) is 5.75 Å². The van der Waals surface area contributed by atoms with Crippen LogP contribution in [0.3, 0.4) is 0 Å². The van der Waals surface area contributed by atoms with Crippen molar-refractivity contribution in [3.05, 3.63) is 69.8 Å². The maximum atomic E-state index is 11.8. The highest BCUT2D eigenvalue weighted by Gasteiger charge is 2.15. The van der Waals surface area contributed by atoms with Crippen molar-refractivity contribution in [3.63, 3.8) is 0 Å². The first-order valence-corrected chi connectivity index (χ1v) is 8.06. The molecule has 136 valence electrons. The molecule has 0 saturated heterocycles. The average Bonchev–Trinajstić information content (AvgIpc) is 2.60. The number of nitro groups is 1. The Morgan fingerprint density at radius 3 is 2.46 bits per heavy atom. The number of hydrogen-bond acceptors (Lipinski definition) is 5. The Balaban J connectivity index is 1.87. The summed E-state index contributed by atoms with van der Waals surface area (Å²) in [4.78, 5) is 22.1. The number of nitrogens with zero attached hydrogens (tertiary/aromatic N) is 2. The second-order valence-electron chi connectivity index (χ2n) is 6.68. The largest absolute Gasteiger partial charge is 0.477 e. The van der Waals surface area contributed by atoms with Crippen LogP contribution < -0.4 is 10.2 Å². The zero-order valence-corrected chi connectivity index (χ0v) is 14.9. The molecule has 1 N–H and O–H groups in total. The first-order chi connectivity index (χ1) is 12.3. The van der Waals surface area contributed by atoms with Gasteiger partial charge in [-0.25, -0.2) is 5.43 Å². The highest BCUT2D eigenvalue weighted by molar-refractivity contribution is 5.83. The minimum Gasteiger partial charge on any atom is -0.477 e. The molecule has 0 heterocycles. The predicted octanol–water partition coefficient (Wildman–Crippen LogP) is 3.42. The van der Waals surface area contributed by atoms with E-state index < -0.39 is 10.8 Å². The van der Waals surface area contributed by atoms with E-state index in [0.717, 1.165) is 5.56 Å². The van der Waals surface area contributed by atoms with Crippen LogP contribution in [-0.4, -0.2) is 23.7 Å². The third-order valence-electron chi connectivity index (χ3n) is 3.60. The van der Waals surface area contributed by atoms with Gasteiger partial charge in [-0.15, -0.1) is 0 Å². The molecule has 2 aromatic rings. The molecule has 0 spiro atoms. The molecule has 0 aromatic heterocycles. The number of amides is 1. The van der Waals surface area contributed by atoms with E-state index in [1.807, 2.05) is 24.3 Å². The molecule has 26 heavy (non-hydrogen) atoms. The highest BCUT2D eigenvalue weighted by atomic mass is 16.6. The first kappa shape index (κ1) is 19.1. The topological polar surface area (TPSA) is 93.8 Å². The Kier molecular flexibility index (Phi) is 6.06. The maximum absolute atomic E-state index is 11.8. The molecule has 0 fully saturated rings. The van der Waals surface area contributed by atoms with Crippen molar-refractivity contribution in [1.82, 2.24) is 5.43 Å². The van der Waals surface area contributed by atoms with Crippen molar-refractivity contribution >= 4 is 17.8 Å². The van der Waals surface area contributed by atoms with E-state index in [9.17, 15) is 14.9 Å². The lowest BCUT2D eigenvalue weighted by atomic mass is 9.87. The summed E-state index contributed by atoms with van der Waals surface area (Å²) >= 11 is 0. The van der Waals surface area contributed by atoms with Crippen LogP contribution >= 0.6 is 0 Å². The molecule has 2 aromatic carbocycles. The third kappa shape index (κ3) is 5.41. The van der Waals surface area contributed by atoms with Gasteiger partial charge in [0.2, 0.25) is 0 Å². The molecule has 7 nitrogen and oxygen atoms in total. The number of nitrogens with one attached hydrogen (secondary N) is 1. The van der Waals surface area contributed by atoms with Gasteiger partial charge in [0, 0.05) is 6.07 Å². The van der Waals surface area contributed by atoms with Gasteiger partial charge in [-0.05, 0) is 22.6 Å². The summed E-state index contributed by atoms with van der Waals surface area (Å²) in [6, 6.07) is 13.7. The molecule has 0 aliphatic heterocycles. The molecule has 7 heteroatoms. The lowest BCUT2D eigenvalue weighted by Gasteiger charge is -2.18. The van der Waals surface area contributed by atoms with E-state index in [1.165, 1.54) is 30.0 Å². The van der Waals surface area contributed by atoms with Gasteiger partial charge in [0.25, 0.3) is 5.91 Å². The smallest absolute Gasteiger partial charge is 0.310 e. The number of para-hydroxylation sites is 2. The molecule has 0 unspecified atom stereocenters. The minimum atomic E-state index is -0.563. The van der Waals surface area contributed by atoms with Gasteiger partial charge in [-0.3, -0.25) is 14.9 Å². The fourth-order valence-corrected chi connectivity index (χ4v) is 2.15. The number of benzene rings is 2. The minimum absolute atomic E-state index is 0.0365. The Labute approximate surface area is 151 Å². The van der Waals surface area contributed by atoms with Crippen LogP contribution in [-0.2, 0) is 10.2 Å².